The van der Waals surface area contributed by atoms with E-state index in [-0.39, 0.29) is 78.2 Å². The summed E-state index contributed by atoms with van der Waals surface area (Å²) in [6.45, 7) is 14.1. The lowest BCUT2D eigenvalue weighted by Gasteiger charge is -2.38. The van der Waals surface area contributed by atoms with Crippen LogP contribution in [-0.4, -0.2) is 157 Å². The molecule has 2 amide bonds. The Bertz CT molecular complexity index is 3560. The first-order valence-electron chi connectivity index (χ1n) is 28.7. The van der Waals surface area contributed by atoms with Gasteiger partial charge in [-0.3, -0.25) is 19.0 Å². The maximum atomic E-state index is 14.0. The lowest BCUT2D eigenvalue weighted by Crippen LogP contribution is -2.46. The van der Waals surface area contributed by atoms with Gasteiger partial charge in [-0.1, -0.05) is 67.9 Å². The number of nitrogens with one attached hydrogen (secondary N) is 2. The van der Waals surface area contributed by atoms with Gasteiger partial charge in [-0.25, -0.2) is 26.8 Å². The van der Waals surface area contributed by atoms with Crippen LogP contribution < -0.4 is 24.1 Å². The van der Waals surface area contributed by atoms with E-state index in [9.17, 15) is 26.4 Å². The summed E-state index contributed by atoms with van der Waals surface area (Å²) in [4.78, 5) is 47.6. The molecule has 1 saturated carbocycles. The second kappa shape index (κ2) is 26.5. The number of carbonyl (C=O) groups excluding carboxylic acids is 2. The molecule has 6 aliphatic rings. The lowest BCUT2D eigenvalue weighted by molar-refractivity contribution is -0.00584. The fraction of sp³-hybridized carbons (Fsp3) is 0.552. The Labute approximate surface area is 508 Å². The molecule has 1 aliphatic carbocycles. The van der Waals surface area contributed by atoms with Crippen LogP contribution in [0, 0.1) is 0 Å². The number of morpholine rings is 2. The number of benzene rings is 2. The van der Waals surface area contributed by atoms with Crippen molar-refractivity contribution in [1.82, 2.24) is 39.0 Å². The number of halogens is 3. The minimum atomic E-state index is -3.60. The van der Waals surface area contributed by atoms with Crippen molar-refractivity contribution >= 4 is 107 Å². The van der Waals surface area contributed by atoms with Crippen molar-refractivity contribution in [3.8, 4) is 0 Å². The number of hydrogen-bond donors (Lipinski definition) is 2. The highest BCUT2D eigenvalue weighted by Gasteiger charge is 2.36. The Hall–Kier alpha value is -5.69. The Morgan fingerprint density at radius 2 is 0.940 bits per heavy atom. The molecular formula is C58H78Cl3N13O8S2. The lowest BCUT2D eigenvalue weighted by atomic mass is 9.98. The van der Waals surface area contributed by atoms with E-state index in [4.69, 9.17) is 59.5 Å². The Morgan fingerprint density at radius 1 is 0.524 bits per heavy atom. The smallest absolute Gasteiger partial charge is 0.256 e. The van der Waals surface area contributed by atoms with Crippen molar-refractivity contribution in [3.05, 3.63) is 98.4 Å². The molecule has 6 fully saturated rings. The molecule has 26 heteroatoms. The van der Waals surface area contributed by atoms with Crippen LogP contribution in [0.2, 0.25) is 15.2 Å². The molecule has 21 nitrogen and oxygen atoms in total. The van der Waals surface area contributed by atoms with Crippen LogP contribution in [0.3, 0.4) is 0 Å². The van der Waals surface area contributed by atoms with E-state index in [1.165, 1.54) is 49.9 Å². The monoisotopic (exact) mass is 1250 g/mol. The standard InChI is InChI=1S/C28H36ClN7O4S.C25H30Cl2N6O4S.C4H8.CH4/c1-18-16-34(17-19(2)40-18)27-15-25(33-10-6-11-33)30-26-14-23(31-36(26)27)24-7-4-5-12-35(24)28(37)21-13-20(29)8-9-22(21)32-41(3,38)39;1-15-13-31(14-16(2)37-15)24-12-22(27)28-23-11-20(29-33(23)24)21-6-4-5-9-32(21)25(34)18-10-17(26)7-8-19(18)30-38(3,35)36;1-2-4-3-1;/h8-9,13-15,18-19,24,32H,4-7,10-12,16-17H2,1-3H3;7-8,10-12,15-16,21,30H,4-6,9,13-14H2,1-3H3;1-4H2;1H4/t18-,19+,24-;15-,16+,21-;;/m00../s1. The molecule has 6 atom stereocenters. The van der Waals surface area contributed by atoms with Gasteiger partial charge >= 0.3 is 0 Å². The average Bonchev–Trinajstić information content (AvgIpc) is 3.45. The van der Waals surface area contributed by atoms with Crippen molar-refractivity contribution in [2.45, 2.75) is 142 Å². The number of fused-ring (bicyclic) bond motifs is 2. The Morgan fingerprint density at radius 3 is 1.33 bits per heavy atom. The molecule has 9 heterocycles. The van der Waals surface area contributed by atoms with E-state index in [2.05, 4.69) is 49.0 Å². The number of rotatable bonds is 11. The van der Waals surface area contributed by atoms with Crippen LogP contribution in [-0.2, 0) is 29.5 Å². The fourth-order valence-electron chi connectivity index (χ4n) is 11.6. The molecule has 84 heavy (non-hydrogen) atoms. The summed E-state index contributed by atoms with van der Waals surface area (Å²) >= 11 is 18.9. The Kier molecular flexibility index (Phi) is 19.8. The van der Waals surface area contributed by atoms with Gasteiger partial charge in [0.1, 0.15) is 22.6 Å². The average molecular weight is 1260 g/mol. The van der Waals surface area contributed by atoms with Crippen molar-refractivity contribution in [2.75, 3.05) is 89.0 Å². The molecule has 0 spiro atoms. The first kappa shape index (κ1) is 62.8. The maximum absolute atomic E-state index is 14.0. The highest BCUT2D eigenvalue weighted by Crippen LogP contribution is 2.38. The molecule has 0 bridgehead atoms. The summed E-state index contributed by atoms with van der Waals surface area (Å²) < 4.78 is 68.4. The predicted octanol–water partition coefficient (Wildman–Crippen LogP) is 10.5. The molecule has 2 N–H and O–H groups in total. The van der Waals surface area contributed by atoms with Crippen LogP contribution in [0.15, 0.2) is 60.7 Å². The zero-order valence-electron chi connectivity index (χ0n) is 47.8. The topological polar surface area (TPSA) is 222 Å². The van der Waals surface area contributed by atoms with E-state index in [0.717, 1.165) is 106 Å². The second-order valence-electron chi connectivity index (χ2n) is 22.8. The zero-order chi connectivity index (χ0) is 58.9. The predicted molar refractivity (Wildman–Crippen MR) is 333 cm³/mol. The van der Waals surface area contributed by atoms with Gasteiger partial charge in [0, 0.05) is 86.7 Å². The van der Waals surface area contributed by atoms with Gasteiger partial charge in [0.2, 0.25) is 20.0 Å². The number of piperidine rings is 2. The molecule has 12 rings (SSSR count). The molecule has 0 radical (unpaired) electrons. The summed E-state index contributed by atoms with van der Waals surface area (Å²) in [7, 11) is -7.20. The molecule has 456 valence electrons. The molecular weight excluding hydrogens is 1180 g/mol. The summed E-state index contributed by atoms with van der Waals surface area (Å²) in [6.07, 6.45) is 14.5. The summed E-state index contributed by atoms with van der Waals surface area (Å²) in [6, 6.07) is 16.3. The highest BCUT2D eigenvalue weighted by molar-refractivity contribution is 7.92. The molecule has 6 aromatic rings. The minimum Gasteiger partial charge on any atom is -0.372 e. The van der Waals surface area contributed by atoms with E-state index in [1.54, 1.807) is 32.5 Å². The van der Waals surface area contributed by atoms with Crippen molar-refractivity contribution < 1.29 is 35.9 Å². The van der Waals surface area contributed by atoms with E-state index >= 15 is 0 Å². The SMILES string of the molecule is C.C1CCC1.C[C@@H]1CN(c2cc(Cl)nc3cc([C@@H]4CCCCN4C(=O)c4cc(Cl)ccc4NS(C)(=O)=O)nn23)C[C@H](C)O1.C[C@@H]1CN(c2cc(N3CCC3)nc3cc([C@@H]4CCCCN4C(=O)c4cc(Cl)ccc4NS(C)(=O)=O)nn23)C[C@H](C)O1. The van der Waals surface area contributed by atoms with Crippen molar-refractivity contribution in [3.63, 3.8) is 0 Å². The number of likely N-dealkylation sites (tertiary alicyclic amines) is 2. The van der Waals surface area contributed by atoms with Crippen molar-refractivity contribution in [1.29, 1.82) is 0 Å². The van der Waals surface area contributed by atoms with E-state index in [1.807, 2.05) is 30.5 Å². The summed E-state index contributed by atoms with van der Waals surface area (Å²) in [5, 5.41) is 11.0. The van der Waals surface area contributed by atoms with Gasteiger partial charge in [-0.05, 0) is 109 Å². The molecule has 2 aromatic carbocycles. The molecule has 5 aliphatic heterocycles. The van der Waals surface area contributed by atoms with Crippen LogP contribution in [0.1, 0.15) is 150 Å². The van der Waals surface area contributed by atoms with Gasteiger partial charge in [0.05, 0.1) is 82.9 Å². The summed E-state index contributed by atoms with van der Waals surface area (Å²) in [5.74, 6) is 2.11. The van der Waals surface area contributed by atoms with Gasteiger partial charge in [-0.15, -0.1) is 0 Å². The van der Waals surface area contributed by atoms with Crippen LogP contribution in [0.5, 0.6) is 0 Å². The van der Waals surface area contributed by atoms with Gasteiger partial charge < -0.3 is 34.0 Å². The molecule has 5 saturated heterocycles. The van der Waals surface area contributed by atoms with E-state index in [0.29, 0.717) is 59.1 Å². The highest BCUT2D eigenvalue weighted by atomic mass is 35.5. The van der Waals surface area contributed by atoms with Crippen molar-refractivity contribution in [2.24, 2.45) is 0 Å². The van der Waals surface area contributed by atoms with E-state index < -0.39 is 20.0 Å². The maximum Gasteiger partial charge on any atom is 0.256 e. The third-order valence-corrected chi connectivity index (χ3v) is 17.5. The first-order chi connectivity index (χ1) is 39.5. The number of aromatic nitrogens is 6. The number of amides is 2. The molecule has 0 unspecified atom stereocenters. The largest absolute Gasteiger partial charge is 0.372 e. The number of sulfonamides is 2. The van der Waals surface area contributed by atoms with Gasteiger partial charge in [0.25, 0.3) is 11.8 Å². The zero-order valence-corrected chi connectivity index (χ0v) is 51.7. The number of carbonyl (C=O) groups is 2. The number of ether oxygens (including phenoxy) is 2. The van der Waals surface area contributed by atoms with Gasteiger partial charge in [0.15, 0.2) is 11.3 Å². The summed E-state index contributed by atoms with van der Waals surface area (Å²) in [5.41, 5.74) is 3.60. The number of anilines is 5. The third kappa shape index (κ3) is 14.9. The minimum absolute atomic E-state index is 0. The molecule has 4 aromatic heterocycles. The number of hydrogen-bond acceptors (Lipinski definition) is 15. The van der Waals surface area contributed by atoms with Crippen LogP contribution in [0.4, 0.5) is 28.8 Å². The van der Waals surface area contributed by atoms with Crippen LogP contribution in [0.25, 0.3) is 11.3 Å². The normalized spacial score (nSPS) is 22.8. The number of nitrogens with zero attached hydrogens (tertiary/aromatic N) is 11. The Balaban J connectivity index is 0.000000187. The second-order valence-corrected chi connectivity index (χ2v) is 27.6. The third-order valence-electron chi connectivity index (χ3n) is 15.7. The first-order valence-corrected chi connectivity index (χ1v) is 33.6. The van der Waals surface area contributed by atoms with Crippen LogP contribution >= 0.6 is 34.8 Å². The fourth-order valence-corrected chi connectivity index (χ4v) is 13.3. The van der Waals surface area contributed by atoms with Gasteiger partial charge in [-0.2, -0.15) is 19.2 Å². The quantitative estimate of drug-likeness (QED) is 0.115.